The van der Waals surface area contributed by atoms with E-state index in [4.69, 9.17) is 0 Å². The van der Waals surface area contributed by atoms with Crippen LogP contribution in [0.15, 0.2) is 47.2 Å². The average molecular weight is 300 g/mol. The van der Waals surface area contributed by atoms with Crippen molar-refractivity contribution in [1.29, 1.82) is 0 Å². The van der Waals surface area contributed by atoms with Crippen molar-refractivity contribution < 1.29 is 9.59 Å². The summed E-state index contributed by atoms with van der Waals surface area (Å²) < 4.78 is 0. The highest BCUT2D eigenvalue weighted by molar-refractivity contribution is 7.08. The molecule has 1 aliphatic rings. The van der Waals surface area contributed by atoms with Crippen molar-refractivity contribution in [3.63, 3.8) is 0 Å². The summed E-state index contributed by atoms with van der Waals surface area (Å²) in [4.78, 5) is 26.8. The van der Waals surface area contributed by atoms with Gasteiger partial charge in [0.2, 0.25) is 5.91 Å². The molecule has 2 aromatic rings. The maximum Gasteiger partial charge on any atom is 0.257 e. The van der Waals surface area contributed by atoms with Crippen molar-refractivity contribution in [3.05, 3.63) is 52.7 Å². The predicted molar refractivity (Wildman–Crippen MR) is 83.2 cm³/mol. The molecule has 4 nitrogen and oxygen atoms in total. The molecule has 0 aliphatic carbocycles. The van der Waals surface area contributed by atoms with E-state index in [1.807, 2.05) is 47.2 Å². The Bertz CT molecular complexity index is 654. The summed E-state index contributed by atoms with van der Waals surface area (Å²) in [6.45, 7) is 2.18. The number of nitrogens with zero attached hydrogens (tertiary/aromatic N) is 1. The molecule has 1 fully saturated rings. The molecule has 1 N–H and O–H groups in total. The third-order valence-corrected chi connectivity index (χ3v) is 4.46. The van der Waals surface area contributed by atoms with Crippen LogP contribution >= 0.6 is 11.3 Å². The highest BCUT2D eigenvalue weighted by atomic mass is 32.1. The van der Waals surface area contributed by atoms with Crippen LogP contribution in [-0.2, 0) is 15.1 Å². The molecular weight excluding hydrogens is 284 g/mol. The fraction of sp³-hybridized carbons (Fsp3) is 0.250. The number of nitrogens with one attached hydrogen (secondary N) is 1. The molecule has 0 radical (unpaired) electrons. The number of benzene rings is 1. The van der Waals surface area contributed by atoms with Crippen LogP contribution in [0.1, 0.15) is 18.9 Å². The van der Waals surface area contributed by atoms with Crippen molar-refractivity contribution in [2.24, 2.45) is 0 Å². The first-order chi connectivity index (χ1) is 10.1. The van der Waals surface area contributed by atoms with Gasteiger partial charge in [0, 0.05) is 18.3 Å². The normalized spacial score (nSPS) is 22.8. The molecule has 1 saturated heterocycles. The van der Waals surface area contributed by atoms with E-state index < -0.39 is 5.54 Å². The van der Waals surface area contributed by atoms with Gasteiger partial charge in [-0.05, 0) is 23.9 Å². The Labute approximate surface area is 127 Å². The fourth-order valence-electron chi connectivity index (χ4n) is 2.60. The monoisotopic (exact) mass is 300 g/mol. The number of carbonyl (C=O) groups is 2. The summed E-state index contributed by atoms with van der Waals surface area (Å²) in [6.07, 6.45) is 0.310. The number of anilines is 1. The van der Waals surface area contributed by atoms with Gasteiger partial charge in [-0.1, -0.05) is 30.3 Å². The highest BCUT2D eigenvalue weighted by Gasteiger charge is 2.42. The zero-order chi connectivity index (χ0) is 14.9. The minimum atomic E-state index is -1.03. The Morgan fingerprint density at radius 2 is 1.95 bits per heavy atom. The van der Waals surface area contributed by atoms with Crippen LogP contribution in [-0.4, -0.2) is 18.4 Å². The molecule has 21 heavy (non-hydrogen) atoms. The Morgan fingerprint density at radius 1 is 1.19 bits per heavy atom. The van der Waals surface area contributed by atoms with Crippen LogP contribution < -0.4 is 10.2 Å². The Kier molecular flexibility index (Phi) is 3.51. The number of amides is 2. The lowest BCUT2D eigenvalue weighted by Crippen LogP contribution is -2.52. The van der Waals surface area contributed by atoms with E-state index in [0.717, 1.165) is 11.3 Å². The topological polar surface area (TPSA) is 49.4 Å². The van der Waals surface area contributed by atoms with Crippen LogP contribution in [0.5, 0.6) is 0 Å². The minimum absolute atomic E-state index is 0.0991. The maximum atomic E-state index is 13.0. The second-order valence-electron chi connectivity index (χ2n) is 5.23. The molecule has 108 valence electrons. The molecule has 1 aliphatic heterocycles. The van der Waals surface area contributed by atoms with Crippen LogP contribution in [0.2, 0.25) is 0 Å². The fourth-order valence-corrected chi connectivity index (χ4v) is 3.25. The largest absolute Gasteiger partial charge is 0.338 e. The van der Waals surface area contributed by atoms with Crippen molar-refractivity contribution in [2.45, 2.75) is 18.9 Å². The molecule has 0 bridgehead atoms. The molecule has 1 aromatic carbocycles. The van der Waals surface area contributed by atoms with Crippen molar-refractivity contribution in [3.8, 4) is 0 Å². The van der Waals surface area contributed by atoms with E-state index in [2.05, 4.69) is 5.32 Å². The van der Waals surface area contributed by atoms with Gasteiger partial charge in [-0.2, -0.15) is 11.3 Å². The minimum Gasteiger partial charge on any atom is -0.338 e. The quantitative estimate of drug-likeness (QED) is 0.926. The lowest BCUT2D eigenvalue weighted by atomic mass is 9.90. The summed E-state index contributed by atoms with van der Waals surface area (Å²) in [7, 11) is 0. The smallest absolute Gasteiger partial charge is 0.257 e. The van der Waals surface area contributed by atoms with Crippen molar-refractivity contribution in [1.82, 2.24) is 5.32 Å². The zero-order valence-electron chi connectivity index (χ0n) is 11.7. The number of hydrogen-bond donors (Lipinski definition) is 1. The first kappa shape index (κ1) is 13.8. The van der Waals surface area contributed by atoms with E-state index in [1.54, 1.807) is 11.8 Å². The van der Waals surface area contributed by atoms with E-state index in [0.29, 0.717) is 13.0 Å². The van der Waals surface area contributed by atoms with Gasteiger partial charge in [0.15, 0.2) is 0 Å². The molecule has 2 amide bonds. The van der Waals surface area contributed by atoms with E-state index >= 15 is 0 Å². The van der Waals surface area contributed by atoms with Gasteiger partial charge in [-0.25, -0.2) is 0 Å². The van der Waals surface area contributed by atoms with Crippen LogP contribution in [0, 0.1) is 0 Å². The first-order valence-electron chi connectivity index (χ1n) is 6.82. The van der Waals surface area contributed by atoms with Gasteiger partial charge in [-0.15, -0.1) is 0 Å². The zero-order valence-corrected chi connectivity index (χ0v) is 12.5. The molecule has 1 atom stereocenters. The third-order valence-electron chi connectivity index (χ3n) is 3.79. The SMILES string of the molecule is CC1(c2ccccc2)NC(=O)CCN(c2ccsc2)C1=O. The van der Waals surface area contributed by atoms with Crippen LogP contribution in [0.25, 0.3) is 0 Å². The second-order valence-corrected chi connectivity index (χ2v) is 6.01. The number of thiophene rings is 1. The Hall–Kier alpha value is -2.14. The molecule has 2 heterocycles. The maximum absolute atomic E-state index is 13.0. The Balaban J connectivity index is 2.05. The number of carbonyl (C=O) groups excluding carboxylic acids is 2. The molecular formula is C16H16N2O2S. The van der Waals surface area contributed by atoms with Gasteiger partial charge in [0.1, 0.15) is 5.54 Å². The van der Waals surface area contributed by atoms with Crippen molar-refractivity contribution in [2.75, 3.05) is 11.4 Å². The van der Waals surface area contributed by atoms with Gasteiger partial charge in [0.05, 0.1) is 5.69 Å². The second kappa shape index (κ2) is 5.33. The summed E-state index contributed by atoms with van der Waals surface area (Å²) in [5.74, 6) is -0.203. The number of rotatable bonds is 2. The number of hydrogen-bond acceptors (Lipinski definition) is 3. The summed E-state index contributed by atoms with van der Waals surface area (Å²) >= 11 is 1.54. The molecule has 0 saturated carbocycles. The van der Waals surface area contributed by atoms with E-state index in [-0.39, 0.29) is 11.8 Å². The highest BCUT2D eigenvalue weighted by Crippen LogP contribution is 2.29. The van der Waals surface area contributed by atoms with Crippen molar-refractivity contribution >= 4 is 28.8 Å². The van der Waals surface area contributed by atoms with Crippen LogP contribution in [0.3, 0.4) is 0 Å². The van der Waals surface area contributed by atoms with Gasteiger partial charge >= 0.3 is 0 Å². The summed E-state index contributed by atoms with van der Waals surface area (Å²) in [6, 6.07) is 11.3. The first-order valence-corrected chi connectivity index (χ1v) is 7.76. The van der Waals surface area contributed by atoms with E-state index in [1.165, 1.54) is 11.3 Å². The molecule has 0 spiro atoms. The molecule has 1 unspecified atom stereocenters. The lowest BCUT2D eigenvalue weighted by Gasteiger charge is -2.32. The summed E-state index contributed by atoms with van der Waals surface area (Å²) in [5.41, 5.74) is 0.616. The van der Waals surface area contributed by atoms with Gasteiger partial charge in [0.25, 0.3) is 5.91 Å². The standard InChI is InChI=1S/C16H16N2O2S/c1-16(12-5-3-2-4-6-12)15(20)18(9-7-14(19)17-16)13-8-10-21-11-13/h2-6,8,10-11H,7,9H2,1H3,(H,17,19). The molecule has 1 aromatic heterocycles. The Morgan fingerprint density at radius 3 is 2.62 bits per heavy atom. The molecule has 3 rings (SSSR count). The summed E-state index contributed by atoms with van der Waals surface area (Å²) in [5, 5.41) is 6.75. The van der Waals surface area contributed by atoms with E-state index in [9.17, 15) is 9.59 Å². The van der Waals surface area contributed by atoms with Gasteiger partial charge in [-0.3, -0.25) is 9.59 Å². The van der Waals surface area contributed by atoms with Crippen LogP contribution in [0.4, 0.5) is 5.69 Å². The average Bonchev–Trinajstić information content (AvgIpc) is 2.98. The molecule has 5 heteroatoms. The predicted octanol–water partition coefficient (Wildman–Crippen LogP) is 2.52. The van der Waals surface area contributed by atoms with Gasteiger partial charge < -0.3 is 10.2 Å². The lowest BCUT2D eigenvalue weighted by molar-refractivity contribution is -0.129. The third kappa shape index (κ3) is 2.45.